The maximum atomic E-state index is 12.5. The molecule has 0 saturated carbocycles. The second kappa shape index (κ2) is 8.50. The highest BCUT2D eigenvalue weighted by atomic mass is 16.5. The predicted octanol–water partition coefficient (Wildman–Crippen LogP) is 2.82. The van der Waals surface area contributed by atoms with Gasteiger partial charge in [0, 0.05) is 11.3 Å². The summed E-state index contributed by atoms with van der Waals surface area (Å²) < 4.78 is 5.58. The molecule has 0 radical (unpaired) electrons. The van der Waals surface area contributed by atoms with Crippen molar-refractivity contribution in [2.75, 3.05) is 16.8 Å². The van der Waals surface area contributed by atoms with Crippen molar-refractivity contribution < 1.29 is 19.7 Å². The van der Waals surface area contributed by atoms with Crippen LogP contribution in [0.5, 0.6) is 5.75 Å². The Labute approximate surface area is 147 Å². The van der Waals surface area contributed by atoms with Crippen molar-refractivity contribution in [1.29, 1.82) is 0 Å². The molecule has 1 amide bonds. The molecule has 2 rings (SSSR count). The summed E-state index contributed by atoms with van der Waals surface area (Å²) in [6, 6.07) is 14.0. The molecule has 2 atom stereocenters. The number of aliphatic hydroxyl groups is 2. The van der Waals surface area contributed by atoms with E-state index in [1.807, 2.05) is 25.1 Å². The largest absolute Gasteiger partial charge is 0.492 e. The van der Waals surface area contributed by atoms with E-state index in [2.05, 4.69) is 5.32 Å². The van der Waals surface area contributed by atoms with Gasteiger partial charge >= 0.3 is 0 Å². The average molecular weight is 344 g/mol. The first-order chi connectivity index (χ1) is 11.9. The Hall–Kier alpha value is -2.57. The van der Waals surface area contributed by atoms with Crippen LogP contribution in [0.3, 0.4) is 0 Å². The van der Waals surface area contributed by atoms with Gasteiger partial charge in [-0.2, -0.15) is 0 Å². The van der Waals surface area contributed by atoms with Crippen molar-refractivity contribution in [3.8, 4) is 5.75 Å². The topological polar surface area (TPSA) is 82.0 Å². The molecule has 0 saturated heterocycles. The predicted molar refractivity (Wildman–Crippen MR) is 97.8 cm³/mol. The van der Waals surface area contributed by atoms with Crippen LogP contribution in [0.4, 0.5) is 11.4 Å². The number of nitrogens with zero attached hydrogens (tertiary/aromatic N) is 1. The zero-order valence-electron chi connectivity index (χ0n) is 14.6. The third-order valence-electron chi connectivity index (χ3n) is 3.64. The van der Waals surface area contributed by atoms with E-state index in [9.17, 15) is 15.0 Å². The first-order valence-electron chi connectivity index (χ1n) is 8.21. The van der Waals surface area contributed by atoms with Crippen LogP contribution >= 0.6 is 0 Å². The van der Waals surface area contributed by atoms with Crippen LogP contribution in [0.25, 0.3) is 0 Å². The van der Waals surface area contributed by atoms with Crippen molar-refractivity contribution >= 4 is 17.3 Å². The number of para-hydroxylation sites is 1. The van der Waals surface area contributed by atoms with E-state index in [-0.39, 0.29) is 5.91 Å². The number of rotatable bonds is 7. The van der Waals surface area contributed by atoms with Crippen LogP contribution in [0.15, 0.2) is 48.5 Å². The quantitative estimate of drug-likeness (QED) is 0.673. The zero-order chi connectivity index (χ0) is 18.4. The average Bonchev–Trinajstić information content (AvgIpc) is 2.56. The van der Waals surface area contributed by atoms with Crippen molar-refractivity contribution in [2.45, 2.75) is 33.2 Å². The second-order valence-electron chi connectivity index (χ2n) is 5.61. The highest BCUT2D eigenvalue weighted by molar-refractivity contribution is 6.05. The number of benzene rings is 2. The van der Waals surface area contributed by atoms with Crippen LogP contribution in [-0.4, -0.2) is 35.2 Å². The van der Waals surface area contributed by atoms with Gasteiger partial charge in [0.15, 0.2) is 0 Å². The Morgan fingerprint density at radius 1 is 1.12 bits per heavy atom. The van der Waals surface area contributed by atoms with Gasteiger partial charge in [-0.25, -0.2) is 0 Å². The zero-order valence-corrected chi connectivity index (χ0v) is 14.6. The number of anilines is 2. The Bertz CT molecular complexity index is 694. The molecule has 2 unspecified atom stereocenters. The van der Waals surface area contributed by atoms with Gasteiger partial charge in [0.25, 0.3) is 5.91 Å². The number of hydrogen-bond donors (Lipinski definition) is 3. The molecule has 0 fully saturated rings. The van der Waals surface area contributed by atoms with Crippen molar-refractivity contribution in [3.05, 3.63) is 54.1 Å². The highest BCUT2D eigenvalue weighted by Gasteiger charge is 2.22. The van der Waals surface area contributed by atoms with Gasteiger partial charge in [0.05, 0.1) is 12.3 Å². The maximum absolute atomic E-state index is 12.5. The molecule has 2 aromatic carbocycles. The van der Waals surface area contributed by atoms with Crippen molar-refractivity contribution in [1.82, 2.24) is 0 Å². The number of ether oxygens (including phenoxy) is 1. The Morgan fingerprint density at radius 2 is 1.76 bits per heavy atom. The minimum absolute atomic E-state index is 0.286. The molecule has 0 aliphatic heterocycles. The summed E-state index contributed by atoms with van der Waals surface area (Å²) in [7, 11) is 0. The summed E-state index contributed by atoms with van der Waals surface area (Å²) in [6.45, 7) is 5.35. The third kappa shape index (κ3) is 4.71. The minimum Gasteiger partial charge on any atom is -0.492 e. The summed E-state index contributed by atoms with van der Waals surface area (Å²) in [6.07, 6.45) is -1.90. The number of nitrogens with one attached hydrogen (secondary N) is 1. The molecule has 25 heavy (non-hydrogen) atoms. The van der Waals surface area contributed by atoms with Gasteiger partial charge < -0.3 is 25.2 Å². The Balaban J connectivity index is 2.37. The molecule has 0 spiro atoms. The van der Waals surface area contributed by atoms with E-state index in [1.54, 1.807) is 44.2 Å². The van der Waals surface area contributed by atoms with Crippen LogP contribution in [0, 0.1) is 0 Å². The third-order valence-corrected chi connectivity index (χ3v) is 3.64. The van der Waals surface area contributed by atoms with Crippen LogP contribution in [0.1, 0.15) is 31.1 Å². The summed E-state index contributed by atoms with van der Waals surface area (Å²) in [4.78, 5) is 13.9. The lowest BCUT2D eigenvalue weighted by molar-refractivity contribution is 0.101. The summed E-state index contributed by atoms with van der Waals surface area (Å²) in [5, 5.41) is 22.8. The van der Waals surface area contributed by atoms with Gasteiger partial charge in [0.1, 0.15) is 18.2 Å². The standard InChI is InChI=1S/C19H24N2O4/c1-4-25-18-11-10-15(12-17(18)21(13(2)22)14(3)23)19(24)20-16-8-6-5-7-9-16/h5-14,22-23H,4H2,1-3H3,(H,20,24). The molecular weight excluding hydrogens is 320 g/mol. The SMILES string of the molecule is CCOc1ccc(C(=O)Nc2ccccc2)cc1N(C(C)O)C(C)O. The molecule has 0 aromatic heterocycles. The van der Waals surface area contributed by atoms with Crippen molar-refractivity contribution in [3.63, 3.8) is 0 Å². The van der Waals surface area contributed by atoms with E-state index < -0.39 is 12.5 Å². The fourth-order valence-electron chi connectivity index (χ4n) is 2.58. The number of carbonyl (C=O) groups is 1. The molecule has 0 bridgehead atoms. The van der Waals surface area contributed by atoms with E-state index in [4.69, 9.17) is 4.74 Å². The lowest BCUT2D eigenvalue weighted by atomic mass is 10.1. The molecule has 0 heterocycles. The van der Waals surface area contributed by atoms with Crippen LogP contribution in [0.2, 0.25) is 0 Å². The minimum atomic E-state index is -0.952. The summed E-state index contributed by atoms with van der Waals surface area (Å²) in [5.74, 6) is 0.201. The van der Waals surface area contributed by atoms with E-state index in [0.29, 0.717) is 29.3 Å². The molecule has 2 aromatic rings. The molecular formula is C19H24N2O4. The Kier molecular flexibility index (Phi) is 6.38. The van der Waals surface area contributed by atoms with Gasteiger partial charge in [-0.3, -0.25) is 4.79 Å². The number of amides is 1. The van der Waals surface area contributed by atoms with Crippen molar-refractivity contribution in [2.24, 2.45) is 0 Å². The number of aliphatic hydroxyl groups excluding tert-OH is 2. The molecule has 0 aliphatic rings. The molecule has 6 heteroatoms. The fourth-order valence-corrected chi connectivity index (χ4v) is 2.58. The maximum Gasteiger partial charge on any atom is 0.255 e. The lowest BCUT2D eigenvalue weighted by Gasteiger charge is -2.32. The second-order valence-corrected chi connectivity index (χ2v) is 5.61. The fraction of sp³-hybridized carbons (Fsp3) is 0.316. The molecule has 3 N–H and O–H groups in total. The molecule has 6 nitrogen and oxygen atoms in total. The van der Waals surface area contributed by atoms with E-state index in [1.165, 1.54) is 4.90 Å². The van der Waals surface area contributed by atoms with Crippen LogP contribution < -0.4 is 15.0 Å². The van der Waals surface area contributed by atoms with Gasteiger partial charge in [0.2, 0.25) is 0 Å². The van der Waals surface area contributed by atoms with Crippen LogP contribution in [-0.2, 0) is 0 Å². The van der Waals surface area contributed by atoms with E-state index >= 15 is 0 Å². The molecule has 0 aliphatic carbocycles. The summed E-state index contributed by atoms with van der Waals surface area (Å²) >= 11 is 0. The monoisotopic (exact) mass is 344 g/mol. The summed E-state index contributed by atoms with van der Waals surface area (Å²) in [5.41, 5.74) is 1.53. The van der Waals surface area contributed by atoms with Gasteiger partial charge in [-0.1, -0.05) is 18.2 Å². The van der Waals surface area contributed by atoms with Gasteiger partial charge in [-0.05, 0) is 51.1 Å². The molecule has 134 valence electrons. The first-order valence-corrected chi connectivity index (χ1v) is 8.21. The number of carbonyl (C=O) groups excluding carboxylic acids is 1. The normalized spacial score (nSPS) is 13.0. The highest BCUT2D eigenvalue weighted by Crippen LogP contribution is 2.32. The first kappa shape index (κ1) is 18.8. The number of hydrogen-bond acceptors (Lipinski definition) is 5. The Morgan fingerprint density at radius 3 is 2.32 bits per heavy atom. The van der Waals surface area contributed by atoms with Gasteiger partial charge in [-0.15, -0.1) is 0 Å². The smallest absolute Gasteiger partial charge is 0.255 e. The lowest BCUT2D eigenvalue weighted by Crippen LogP contribution is -2.40. The van der Waals surface area contributed by atoms with E-state index in [0.717, 1.165) is 0 Å².